The maximum absolute atomic E-state index is 12.1. The average Bonchev–Trinajstić information content (AvgIpc) is 2.45. The van der Waals surface area contributed by atoms with Gasteiger partial charge in [-0.05, 0) is 18.9 Å². The second kappa shape index (κ2) is 7.74. The van der Waals surface area contributed by atoms with Crippen LogP contribution in [0.3, 0.4) is 0 Å². The summed E-state index contributed by atoms with van der Waals surface area (Å²) in [4.78, 5) is 20.5. The van der Waals surface area contributed by atoms with Crippen molar-refractivity contribution in [1.82, 2.24) is 0 Å². The molecule has 0 aliphatic heterocycles. The largest absolute Gasteiger partial charge is 0.481 e. The van der Waals surface area contributed by atoms with Crippen LogP contribution < -0.4 is 4.31 Å². The number of carboxylic acids is 1. The molecule has 1 aromatic carbocycles. The summed E-state index contributed by atoms with van der Waals surface area (Å²) in [7, 11) is -2.25. The molecular formula is C13H18N2O6S. The van der Waals surface area contributed by atoms with Gasteiger partial charge >= 0.3 is 5.97 Å². The molecule has 1 rings (SSSR count). The van der Waals surface area contributed by atoms with E-state index < -0.39 is 20.9 Å². The molecule has 22 heavy (non-hydrogen) atoms. The van der Waals surface area contributed by atoms with E-state index in [1.807, 2.05) is 0 Å². The Hall–Kier alpha value is -2.16. The first kappa shape index (κ1) is 17.9. The van der Waals surface area contributed by atoms with Gasteiger partial charge < -0.3 is 5.11 Å². The fourth-order valence-corrected chi connectivity index (χ4v) is 3.12. The number of unbranched alkanes of at least 4 members (excludes halogenated alkanes) is 2. The molecule has 0 heterocycles. The Morgan fingerprint density at radius 2 is 2.00 bits per heavy atom. The number of carbonyl (C=O) groups is 1. The molecule has 0 saturated carbocycles. The van der Waals surface area contributed by atoms with Crippen LogP contribution in [0.5, 0.6) is 0 Å². The van der Waals surface area contributed by atoms with Crippen LogP contribution in [0.1, 0.15) is 25.7 Å². The highest BCUT2D eigenvalue weighted by molar-refractivity contribution is 7.92. The van der Waals surface area contributed by atoms with Crippen molar-refractivity contribution in [3.05, 3.63) is 34.4 Å². The van der Waals surface area contributed by atoms with Crippen LogP contribution in [0.25, 0.3) is 0 Å². The second-order valence-corrected chi connectivity index (χ2v) is 6.88. The summed E-state index contributed by atoms with van der Waals surface area (Å²) in [5.41, 5.74) is 0.0424. The summed E-state index contributed by atoms with van der Waals surface area (Å²) < 4.78 is 25.3. The maximum atomic E-state index is 12.1. The van der Waals surface area contributed by atoms with Gasteiger partial charge in [0, 0.05) is 25.6 Å². The zero-order chi connectivity index (χ0) is 16.8. The van der Waals surface area contributed by atoms with E-state index in [0.29, 0.717) is 19.3 Å². The minimum Gasteiger partial charge on any atom is -0.481 e. The summed E-state index contributed by atoms with van der Waals surface area (Å²) in [6, 6.07) is 5.39. The van der Waals surface area contributed by atoms with Crippen LogP contribution in [-0.4, -0.2) is 37.2 Å². The number of carboxylic acid groups (broad SMARTS) is 1. The van der Waals surface area contributed by atoms with E-state index >= 15 is 0 Å². The van der Waals surface area contributed by atoms with Crippen LogP contribution in [0.15, 0.2) is 24.3 Å². The Morgan fingerprint density at radius 1 is 1.32 bits per heavy atom. The van der Waals surface area contributed by atoms with Crippen LogP contribution in [0.4, 0.5) is 11.4 Å². The van der Waals surface area contributed by atoms with E-state index in [9.17, 15) is 23.3 Å². The Labute approximate surface area is 128 Å². The molecule has 0 fully saturated rings. The predicted octanol–water partition coefficient (Wildman–Crippen LogP) is 2.01. The summed E-state index contributed by atoms with van der Waals surface area (Å²) >= 11 is 0. The fourth-order valence-electron chi connectivity index (χ4n) is 1.84. The number of sulfonamides is 1. The van der Waals surface area contributed by atoms with Gasteiger partial charge in [-0.1, -0.05) is 12.5 Å². The van der Waals surface area contributed by atoms with Crippen molar-refractivity contribution in [2.24, 2.45) is 0 Å². The zero-order valence-corrected chi connectivity index (χ0v) is 13.0. The van der Waals surface area contributed by atoms with Crippen LogP contribution in [-0.2, 0) is 14.8 Å². The first-order valence-electron chi connectivity index (χ1n) is 6.67. The average molecular weight is 330 g/mol. The molecule has 0 unspecified atom stereocenters. The van der Waals surface area contributed by atoms with Crippen molar-refractivity contribution < 1.29 is 23.2 Å². The number of hydrogen-bond donors (Lipinski definition) is 1. The van der Waals surface area contributed by atoms with Crippen molar-refractivity contribution in [1.29, 1.82) is 0 Å². The molecule has 0 aromatic heterocycles. The quantitative estimate of drug-likeness (QED) is 0.420. The molecule has 9 heteroatoms. The smallest absolute Gasteiger partial charge is 0.303 e. The molecule has 0 aliphatic rings. The monoisotopic (exact) mass is 330 g/mol. The second-order valence-electron chi connectivity index (χ2n) is 4.76. The van der Waals surface area contributed by atoms with E-state index in [4.69, 9.17) is 5.11 Å². The Balaban J connectivity index is 2.66. The number of anilines is 1. The number of hydrogen-bond acceptors (Lipinski definition) is 5. The molecular weight excluding hydrogens is 312 g/mol. The molecule has 1 N–H and O–H groups in total. The molecule has 1 aromatic rings. The first-order chi connectivity index (χ1) is 10.2. The van der Waals surface area contributed by atoms with E-state index in [1.54, 1.807) is 0 Å². The summed E-state index contributed by atoms with van der Waals surface area (Å²) in [5.74, 6) is -1.04. The van der Waals surface area contributed by atoms with Crippen LogP contribution in [0, 0.1) is 10.1 Å². The number of nitrogens with zero attached hydrogens (tertiary/aromatic N) is 2. The number of rotatable bonds is 9. The molecule has 0 atom stereocenters. The van der Waals surface area contributed by atoms with Gasteiger partial charge in [0.2, 0.25) is 10.0 Å². The summed E-state index contributed by atoms with van der Waals surface area (Å²) in [6.45, 7) is 0. The number of nitro groups is 1. The Morgan fingerprint density at radius 3 is 2.59 bits per heavy atom. The summed E-state index contributed by atoms with van der Waals surface area (Å²) in [5, 5.41) is 19.2. The highest BCUT2D eigenvalue weighted by atomic mass is 32.2. The van der Waals surface area contributed by atoms with Crippen molar-refractivity contribution in [3.63, 3.8) is 0 Å². The van der Waals surface area contributed by atoms with E-state index in [2.05, 4.69) is 0 Å². The predicted molar refractivity (Wildman–Crippen MR) is 81.4 cm³/mol. The topological polar surface area (TPSA) is 118 Å². The van der Waals surface area contributed by atoms with Crippen molar-refractivity contribution >= 4 is 27.4 Å². The zero-order valence-electron chi connectivity index (χ0n) is 12.1. The first-order valence-corrected chi connectivity index (χ1v) is 8.28. The lowest BCUT2D eigenvalue weighted by Gasteiger charge is -2.19. The lowest BCUT2D eigenvalue weighted by Crippen LogP contribution is -2.29. The standard InChI is InChI=1S/C13H18N2O6S/c1-14(11-6-5-7-12(10-11)15(18)19)22(20,21)9-4-2-3-8-13(16)17/h5-7,10H,2-4,8-9H2,1H3,(H,16,17). The van der Waals surface area contributed by atoms with Gasteiger partial charge in [-0.25, -0.2) is 8.42 Å². The van der Waals surface area contributed by atoms with E-state index in [0.717, 1.165) is 4.31 Å². The van der Waals surface area contributed by atoms with Crippen LogP contribution >= 0.6 is 0 Å². The number of non-ortho nitro benzene ring substituents is 1. The number of benzene rings is 1. The third kappa shape index (κ3) is 5.32. The third-order valence-electron chi connectivity index (χ3n) is 3.11. The molecule has 0 bridgehead atoms. The van der Waals surface area contributed by atoms with Crippen LogP contribution in [0.2, 0.25) is 0 Å². The lowest BCUT2D eigenvalue weighted by atomic mass is 10.2. The maximum Gasteiger partial charge on any atom is 0.303 e. The van der Waals surface area contributed by atoms with Crippen molar-refractivity contribution in [3.8, 4) is 0 Å². The Bertz CT molecular complexity index is 644. The van der Waals surface area contributed by atoms with Crippen molar-refractivity contribution in [2.45, 2.75) is 25.7 Å². The van der Waals surface area contributed by atoms with Crippen molar-refractivity contribution in [2.75, 3.05) is 17.1 Å². The Kier molecular flexibility index (Phi) is 6.29. The summed E-state index contributed by atoms with van der Waals surface area (Å²) in [6.07, 6.45) is 1.27. The molecule has 122 valence electrons. The van der Waals surface area contributed by atoms with Gasteiger partial charge in [-0.15, -0.1) is 0 Å². The van der Waals surface area contributed by atoms with Gasteiger partial charge in [0.25, 0.3) is 5.69 Å². The highest BCUT2D eigenvalue weighted by Crippen LogP contribution is 2.22. The van der Waals surface area contributed by atoms with Gasteiger partial charge in [0.15, 0.2) is 0 Å². The number of nitro benzene ring substituents is 1. The molecule has 0 radical (unpaired) electrons. The third-order valence-corrected chi connectivity index (χ3v) is 4.96. The molecule has 0 amide bonds. The lowest BCUT2D eigenvalue weighted by molar-refractivity contribution is -0.384. The molecule has 8 nitrogen and oxygen atoms in total. The van der Waals surface area contributed by atoms with Gasteiger partial charge in [0.05, 0.1) is 16.4 Å². The number of aliphatic carboxylic acids is 1. The van der Waals surface area contributed by atoms with Gasteiger partial charge in [-0.2, -0.15) is 0 Å². The van der Waals surface area contributed by atoms with Gasteiger partial charge in [0.1, 0.15) is 0 Å². The SMILES string of the molecule is CN(c1cccc([N+](=O)[O-])c1)S(=O)(=O)CCCCCC(=O)O. The minimum atomic E-state index is -3.59. The normalized spacial score (nSPS) is 11.1. The van der Waals surface area contributed by atoms with Gasteiger partial charge in [-0.3, -0.25) is 19.2 Å². The van der Waals surface area contributed by atoms with E-state index in [-0.39, 0.29) is 23.5 Å². The molecule has 0 spiro atoms. The molecule has 0 aliphatic carbocycles. The minimum absolute atomic E-state index is 0.0146. The van der Waals surface area contributed by atoms with E-state index in [1.165, 1.54) is 31.3 Å². The highest BCUT2D eigenvalue weighted by Gasteiger charge is 2.19. The molecule has 0 saturated heterocycles. The fraction of sp³-hybridized carbons (Fsp3) is 0.462.